The third-order valence-corrected chi connectivity index (χ3v) is 9.08. The monoisotopic (exact) mass is 489 g/mol. The highest BCUT2D eigenvalue weighted by molar-refractivity contribution is 7.89. The Hall–Kier alpha value is -2.09. The van der Waals surface area contributed by atoms with E-state index >= 15 is 0 Å². The highest BCUT2D eigenvalue weighted by atomic mass is 35.5. The molecule has 0 atom stereocenters. The Kier molecular flexibility index (Phi) is 7.31. The molecule has 0 aliphatic carbocycles. The number of benzene rings is 2. The molecule has 33 heavy (non-hydrogen) atoms. The topological polar surface area (TPSA) is 60.9 Å². The average Bonchev–Trinajstić information content (AvgIpc) is 3.11. The van der Waals surface area contributed by atoms with Crippen LogP contribution in [0.5, 0.6) is 0 Å². The summed E-state index contributed by atoms with van der Waals surface area (Å²) in [7, 11) is -3.65. The predicted molar refractivity (Wildman–Crippen MR) is 133 cm³/mol. The van der Waals surface area contributed by atoms with Gasteiger partial charge >= 0.3 is 0 Å². The van der Waals surface area contributed by atoms with Crippen molar-refractivity contribution in [1.29, 1.82) is 0 Å². The first-order valence-electron chi connectivity index (χ1n) is 11.7. The molecule has 2 aliphatic rings. The first-order chi connectivity index (χ1) is 15.8. The van der Waals surface area contributed by atoms with Crippen LogP contribution < -0.4 is 4.90 Å². The van der Waals surface area contributed by atoms with Crippen molar-refractivity contribution in [3.63, 3.8) is 0 Å². The molecule has 0 aromatic heterocycles. The number of carbonyl (C=O) groups excluding carboxylic acids is 1. The fourth-order valence-corrected chi connectivity index (χ4v) is 6.40. The number of aryl methyl sites for hydroxylation is 1. The molecule has 0 spiro atoms. The largest absolute Gasteiger partial charge is 0.368 e. The van der Waals surface area contributed by atoms with E-state index < -0.39 is 10.0 Å². The van der Waals surface area contributed by atoms with Crippen LogP contribution in [0.25, 0.3) is 0 Å². The zero-order chi connectivity index (χ0) is 23.6. The third kappa shape index (κ3) is 5.05. The molecule has 178 valence electrons. The van der Waals surface area contributed by atoms with Crippen molar-refractivity contribution in [3.05, 3.63) is 58.1 Å². The summed E-state index contributed by atoms with van der Waals surface area (Å²) in [5.41, 5.74) is 3.96. The molecule has 0 N–H and O–H groups in total. The normalized spacial score (nSPS) is 18.3. The van der Waals surface area contributed by atoms with Gasteiger partial charge in [-0.15, -0.1) is 0 Å². The molecule has 2 heterocycles. The number of amides is 1. The van der Waals surface area contributed by atoms with Crippen LogP contribution in [-0.4, -0.2) is 62.8 Å². The van der Waals surface area contributed by atoms with Gasteiger partial charge in [-0.05, 0) is 62.1 Å². The standard InChI is InChI=1S/C25H32ClN3O3S/c1-19-8-7-9-24(20(19)2)27-14-16-28(17-15-27)25(30)22-18-21(10-11-23(22)26)33(31,32)29-12-5-3-4-6-13-29/h7-11,18H,3-6,12-17H2,1-2H3. The van der Waals surface area contributed by atoms with Crippen LogP contribution >= 0.6 is 11.6 Å². The molecule has 2 aromatic rings. The van der Waals surface area contributed by atoms with Gasteiger partial charge in [-0.25, -0.2) is 8.42 Å². The van der Waals surface area contributed by atoms with Gasteiger partial charge in [0, 0.05) is 45.0 Å². The quantitative estimate of drug-likeness (QED) is 0.635. The number of carbonyl (C=O) groups is 1. The van der Waals surface area contributed by atoms with E-state index in [1.54, 1.807) is 9.21 Å². The Labute approximate surface area is 202 Å². The van der Waals surface area contributed by atoms with E-state index in [1.165, 1.54) is 35.0 Å². The smallest absolute Gasteiger partial charge is 0.255 e. The molecular formula is C25H32ClN3O3S. The van der Waals surface area contributed by atoms with E-state index in [0.29, 0.717) is 26.2 Å². The SMILES string of the molecule is Cc1cccc(N2CCN(C(=O)c3cc(S(=O)(=O)N4CCCCCC4)ccc3Cl)CC2)c1C. The summed E-state index contributed by atoms with van der Waals surface area (Å²) in [5, 5.41) is 0.284. The second-order valence-electron chi connectivity index (χ2n) is 8.96. The Bertz CT molecular complexity index is 1120. The minimum atomic E-state index is -3.65. The maximum Gasteiger partial charge on any atom is 0.255 e. The Balaban J connectivity index is 1.50. The molecule has 8 heteroatoms. The summed E-state index contributed by atoms with van der Waals surface area (Å²) in [6, 6.07) is 10.8. The summed E-state index contributed by atoms with van der Waals surface area (Å²) >= 11 is 6.37. The van der Waals surface area contributed by atoms with Crippen molar-refractivity contribution in [2.24, 2.45) is 0 Å². The van der Waals surface area contributed by atoms with Crippen molar-refractivity contribution in [1.82, 2.24) is 9.21 Å². The minimum Gasteiger partial charge on any atom is -0.368 e. The number of sulfonamides is 1. The van der Waals surface area contributed by atoms with Gasteiger partial charge in [0.15, 0.2) is 0 Å². The van der Waals surface area contributed by atoms with Crippen LogP contribution in [0.3, 0.4) is 0 Å². The number of halogens is 1. The molecule has 0 radical (unpaired) electrons. The molecule has 2 aromatic carbocycles. The summed E-state index contributed by atoms with van der Waals surface area (Å²) in [6.45, 7) is 7.84. The van der Waals surface area contributed by atoms with Crippen LogP contribution in [0.15, 0.2) is 41.3 Å². The lowest BCUT2D eigenvalue weighted by Crippen LogP contribution is -2.49. The first kappa shape index (κ1) is 24.0. The maximum absolute atomic E-state index is 13.3. The molecule has 6 nitrogen and oxygen atoms in total. The van der Waals surface area contributed by atoms with Gasteiger partial charge in [-0.1, -0.05) is 36.6 Å². The molecule has 2 fully saturated rings. The summed E-state index contributed by atoms with van der Waals surface area (Å²) < 4.78 is 28.0. The van der Waals surface area contributed by atoms with Crippen LogP contribution in [-0.2, 0) is 10.0 Å². The molecular weight excluding hydrogens is 458 g/mol. The van der Waals surface area contributed by atoms with Crippen molar-refractivity contribution in [3.8, 4) is 0 Å². The van der Waals surface area contributed by atoms with Crippen molar-refractivity contribution >= 4 is 33.2 Å². The summed E-state index contributed by atoms with van der Waals surface area (Å²) in [5.74, 6) is -0.214. The highest BCUT2D eigenvalue weighted by Crippen LogP contribution is 2.28. The van der Waals surface area contributed by atoms with Crippen molar-refractivity contribution in [2.75, 3.05) is 44.2 Å². The van der Waals surface area contributed by atoms with Crippen LogP contribution in [0.1, 0.15) is 47.2 Å². The third-order valence-electron chi connectivity index (χ3n) is 6.85. The number of anilines is 1. The van der Waals surface area contributed by atoms with E-state index in [9.17, 15) is 13.2 Å². The number of rotatable bonds is 4. The van der Waals surface area contributed by atoms with Crippen LogP contribution in [0.4, 0.5) is 5.69 Å². The minimum absolute atomic E-state index is 0.145. The van der Waals surface area contributed by atoms with Crippen molar-refractivity contribution < 1.29 is 13.2 Å². The van der Waals surface area contributed by atoms with Gasteiger partial charge in [0.25, 0.3) is 5.91 Å². The lowest BCUT2D eigenvalue weighted by molar-refractivity contribution is 0.0746. The lowest BCUT2D eigenvalue weighted by atomic mass is 10.1. The Morgan fingerprint density at radius 2 is 1.55 bits per heavy atom. The van der Waals surface area contributed by atoms with Gasteiger partial charge in [0.05, 0.1) is 15.5 Å². The first-order valence-corrected chi connectivity index (χ1v) is 13.5. The molecule has 2 saturated heterocycles. The summed E-state index contributed by atoms with van der Waals surface area (Å²) in [6.07, 6.45) is 3.82. The molecule has 1 amide bonds. The van der Waals surface area contributed by atoms with Gasteiger partial charge in [-0.3, -0.25) is 4.79 Å². The zero-order valence-electron chi connectivity index (χ0n) is 19.4. The molecule has 0 saturated carbocycles. The highest BCUT2D eigenvalue weighted by Gasteiger charge is 2.29. The van der Waals surface area contributed by atoms with E-state index in [2.05, 4.69) is 36.9 Å². The van der Waals surface area contributed by atoms with Gasteiger partial charge < -0.3 is 9.80 Å². The van der Waals surface area contributed by atoms with Crippen LogP contribution in [0.2, 0.25) is 5.02 Å². The average molecular weight is 490 g/mol. The maximum atomic E-state index is 13.3. The zero-order valence-corrected chi connectivity index (χ0v) is 21.0. The van der Waals surface area contributed by atoms with E-state index in [0.717, 1.165) is 38.8 Å². The number of hydrogen-bond donors (Lipinski definition) is 0. The predicted octanol–water partition coefficient (Wildman–Crippen LogP) is 4.48. The fourth-order valence-electron chi connectivity index (χ4n) is 4.66. The Morgan fingerprint density at radius 1 is 0.879 bits per heavy atom. The van der Waals surface area contributed by atoms with E-state index in [1.807, 2.05) is 0 Å². The second kappa shape index (κ2) is 10.0. The fraction of sp³-hybridized carbons (Fsp3) is 0.480. The van der Waals surface area contributed by atoms with Crippen molar-refractivity contribution in [2.45, 2.75) is 44.4 Å². The molecule has 0 bridgehead atoms. The van der Waals surface area contributed by atoms with E-state index in [-0.39, 0.29) is 21.4 Å². The Morgan fingerprint density at radius 3 is 2.21 bits per heavy atom. The second-order valence-corrected chi connectivity index (χ2v) is 11.3. The molecule has 4 rings (SSSR count). The van der Waals surface area contributed by atoms with Gasteiger partial charge in [0.2, 0.25) is 10.0 Å². The van der Waals surface area contributed by atoms with E-state index in [4.69, 9.17) is 11.6 Å². The molecule has 0 unspecified atom stereocenters. The number of hydrogen-bond acceptors (Lipinski definition) is 4. The number of nitrogens with zero attached hydrogens (tertiary/aromatic N) is 3. The van der Waals surface area contributed by atoms with Gasteiger partial charge in [0.1, 0.15) is 0 Å². The lowest BCUT2D eigenvalue weighted by Gasteiger charge is -2.37. The number of piperazine rings is 1. The van der Waals surface area contributed by atoms with Crippen LogP contribution in [0, 0.1) is 13.8 Å². The summed E-state index contributed by atoms with van der Waals surface area (Å²) in [4.78, 5) is 17.5. The van der Waals surface area contributed by atoms with Gasteiger partial charge in [-0.2, -0.15) is 4.31 Å². The molecule has 2 aliphatic heterocycles.